The molecule has 3 rings (SSSR count). The van der Waals surface area contributed by atoms with E-state index in [1.807, 2.05) is 54.6 Å². The molecule has 28 heavy (non-hydrogen) atoms. The Morgan fingerprint density at radius 2 is 1.86 bits per heavy atom. The summed E-state index contributed by atoms with van der Waals surface area (Å²) in [5.41, 5.74) is 2.45. The lowest BCUT2D eigenvalue weighted by Crippen LogP contribution is -2.42. The summed E-state index contributed by atoms with van der Waals surface area (Å²) in [6.45, 7) is 1.13. The van der Waals surface area contributed by atoms with Crippen molar-refractivity contribution in [2.45, 2.75) is 13.1 Å². The van der Waals surface area contributed by atoms with Crippen LogP contribution in [-0.4, -0.2) is 58.5 Å². The second-order valence-corrected chi connectivity index (χ2v) is 6.31. The molecular formula is C20H23N5O3. The van der Waals surface area contributed by atoms with E-state index in [2.05, 4.69) is 15.6 Å². The fourth-order valence-corrected chi connectivity index (χ4v) is 2.82. The van der Waals surface area contributed by atoms with Crippen molar-refractivity contribution in [1.82, 2.24) is 25.2 Å². The van der Waals surface area contributed by atoms with Gasteiger partial charge in [-0.1, -0.05) is 47.7 Å². The van der Waals surface area contributed by atoms with Crippen LogP contribution in [0.15, 0.2) is 54.6 Å². The molecule has 2 aromatic carbocycles. The van der Waals surface area contributed by atoms with Crippen LogP contribution in [0.5, 0.6) is 0 Å². The number of methoxy groups -OCH3 is 1. The molecule has 8 nitrogen and oxygen atoms in total. The number of rotatable bonds is 9. The lowest BCUT2D eigenvalue weighted by Gasteiger charge is -2.22. The van der Waals surface area contributed by atoms with E-state index in [0.717, 1.165) is 16.6 Å². The van der Waals surface area contributed by atoms with Crippen molar-refractivity contribution in [1.29, 1.82) is 0 Å². The van der Waals surface area contributed by atoms with E-state index in [0.29, 0.717) is 19.7 Å². The van der Waals surface area contributed by atoms with Gasteiger partial charge in [-0.15, -0.1) is 5.10 Å². The zero-order valence-electron chi connectivity index (χ0n) is 15.7. The second kappa shape index (κ2) is 9.61. The summed E-state index contributed by atoms with van der Waals surface area (Å²) in [6.07, 6.45) is 0. The Labute approximate surface area is 163 Å². The summed E-state index contributed by atoms with van der Waals surface area (Å²) in [4.78, 5) is 26.7. The second-order valence-electron chi connectivity index (χ2n) is 6.31. The molecule has 0 saturated heterocycles. The van der Waals surface area contributed by atoms with Gasteiger partial charge in [0.05, 0.1) is 18.7 Å². The van der Waals surface area contributed by atoms with Gasteiger partial charge in [-0.2, -0.15) is 0 Å². The van der Waals surface area contributed by atoms with Crippen molar-refractivity contribution in [3.05, 3.63) is 60.2 Å². The van der Waals surface area contributed by atoms with Gasteiger partial charge in [-0.25, -0.2) is 4.68 Å². The Morgan fingerprint density at radius 1 is 1.11 bits per heavy atom. The van der Waals surface area contributed by atoms with Gasteiger partial charge in [0.15, 0.2) is 0 Å². The Morgan fingerprint density at radius 3 is 2.64 bits per heavy atom. The number of amides is 2. The molecule has 146 valence electrons. The summed E-state index contributed by atoms with van der Waals surface area (Å²) < 4.78 is 6.49. The van der Waals surface area contributed by atoms with Gasteiger partial charge in [-0.05, 0) is 17.7 Å². The monoisotopic (exact) mass is 381 g/mol. The van der Waals surface area contributed by atoms with Crippen molar-refractivity contribution < 1.29 is 14.3 Å². The molecule has 0 fully saturated rings. The number of nitrogens with zero attached hydrogens (tertiary/aromatic N) is 4. The minimum atomic E-state index is -0.232. The number of hydrogen-bond donors (Lipinski definition) is 1. The van der Waals surface area contributed by atoms with E-state index >= 15 is 0 Å². The molecule has 0 atom stereocenters. The molecule has 8 heteroatoms. The summed E-state index contributed by atoms with van der Waals surface area (Å²) in [5.74, 6) is -0.439. The van der Waals surface area contributed by atoms with Crippen LogP contribution < -0.4 is 5.32 Å². The third-order valence-corrected chi connectivity index (χ3v) is 4.24. The molecule has 0 unspecified atom stereocenters. The van der Waals surface area contributed by atoms with Crippen LogP contribution in [0.3, 0.4) is 0 Å². The number of fused-ring (bicyclic) bond motifs is 1. The molecule has 0 aliphatic carbocycles. The Hall–Kier alpha value is -3.26. The van der Waals surface area contributed by atoms with Crippen molar-refractivity contribution in [3.8, 4) is 0 Å². The van der Waals surface area contributed by atoms with Crippen LogP contribution in [0, 0.1) is 0 Å². The summed E-state index contributed by atoms with van der Waals surface area (Å²) in [6, 6.07) is 17.0. The normalized spacial score (nSPS) is 10.8. The number of para-hydroxylation sites is 1. The number of hydrogen-bond acceptors (Lipinski definition) is 5. The standard InChI is InChI=1S/C20H23N5O3/c1-28-12-11-21-19(26)14-24(13-16-7-3-2-4-8-16)20(27)15-25-18-10-6-5-9-17(18)22-23-25/h2-10H,11-15H2,1H3,(H,21,26). The van der Waals surface area contributed by atoms with Crippen molar-refractivity contribution in [2.24, 2.45) is 0 Å². The maximum atomic E-state index is 13.0. The number of nitrogens with one attached hydrogen (secondary N) is 1. The van der Waals surface area contributed by atoms with Crippen LogP contribution in [0.4, 0.5) is 0 Å². The van der Waals surface area contributed by atoms with Crippen LogP contribution in [-0.2, 0) is 27.4 Å². The minimum absolute atomic E-state index is 0.0126. The number of aromatic nitrogens is 3. The van der Waals surface area contributed by atoms with E-state index in [-0.39, 0.29) is 24.9 Å². The molecule has 0 aliphatic heterocycles. The first kappa shape index (κ1) is 19.5. The van der Waals surface area contributed by atoms with Crippen molar-refractivity contribution in [3.63, 3.8) is 0 Å². The fraction of sp³-hybridized carbons (Fsp3) is 0.300. The smallest absolute Gasteiger partial charge is 0.245 e. The molecule has 0 spiro atoms. The average molecular weight is 381 g/mol. The third kappa shape index (κ3) is 5.14. The lowest BCUT2D eigenvalue weighted by molar-refractivity contribution is -0.137. The number of carbonyl (C=O) groups is 2. The van der Waals surface area contributed by atoms with E-state index in [4.69, 9.17) is 4.74 Å². The molecule has 0 radical (unpaired) electrons. The highest BCUT2D eigenvalue weighted by atomic mass is 16.5. The predicted octanol–water partition coefficient (Wildman–Crippen LogP) is 1.22. The predicted molar refractivity (Wildman–Crippen MR) is 104 cm³/mol. The Kier molecular flexibility index (Phi) is 6.69. The summed E-state index contributed by atoms with van der Waals surface area (Å²) in [5, 5.41) is 10.9. The van der Waals surface area contributed by atoms with E-state index in [1.54, 1.807) is 11.8 Å². The third-order valence-electron chi connectivity index (χ3n) is 4.24. The molecule has 1 aromatic heterocycles. The zero-order valence-corrected chi connectivity index (χ0v) is 15.7. The minimum Gasteiger partial charge on any atom is -0.383 e. The number of carbonyl (C=O) groups excluding carboxylic acids is 2. The largest absolute Gasteiger partial charge is 0.383 e. The zero-order chi connectivity index (χ0) is 19.8. The van der Waals surface area contributed by atoms with Gasteiger partial charge >= 0.3 is 0 Å². The lowest BCUT2D eigenvalue weighted by atomic mass is 10.2. The molecule has 0 saturated carbocycles. The van der Waals surface area contributed by atoms with E-state index < -0.39 is 0 Å². The molecule has 0 aliphatic rings. The Bertz CT molecular complexity index is 926. The fourth-order valence-electron chi connectivity index (χ4n) is 2.82. The highest BCUT2D eigenvalue weighted by molar-refractivity contribution is 5.85. The van der Waals surface area contributed by atoms with Gasteiger partial charge in [-0.3, -0.25) is 9.59 Å². The first-order valence-electron chi connectivity index (χ1n) is 9.03. The van der Waals surface area contributed by atoms with Crippen LogP contribution >= 0.6 is 0 Å². The maximum Gasteiger partial charge on any atom is 0.245 e. The van der Waals surface area contributed by atoms with Gasteiger partial charge in [0.2, 0.25) is 11.8 Å². The quantitative estimate of drug-likeness (QED) is 0.563. The van der Waals surface area contributed by atoms with Crippen molar-refractivity contribution >= 4 is 22.8 Å². The summed E-state index contributed by atoms with van der Waals surface area (Å²) in [7, 11) is 1.57. The first-order valence-corrected chi connectivity index (χ1v) is 9.03. The highest BCUT2D eigenvalue weighted by Gasteiger charge is 2.19. The molecule has 3 aromatic rings. The number of ether oxygens (including phenoxy) is 1. The topological polar surface area (TPSA) is 89.4 Å². The summed E-state index contributed by atoms with van der Waals surface area (Å²) >= 11 is 0. The first-order chi connectivity index (χ1) is 13.7. The van der Waals surface area contributed by atoms with Gasteiger partial charge in [0.25, 0.3) is 0 Å². The van der Waals surface area contributed by atoms with E-state index in [9.17, 15) is 9.59 Å². The SMILES string of the molecule is COCCNC(=O)CN(Cc1ccccc1)C(=O)Cn1nnc2ccccc21. The maximum absolute atomic E-state index is 13.0. The van der Waals surface area contributed by atoms with Gasteiger partial charge < -0.3 is 15.0 Å². The molecule has 1 heterocycles. The van der Waals surface area contributed by atoms with Crippen LogP contribution in [0.2, 0.25) is 0 Å². The molecule has 1 N–H and O–H groups in total. The molecule has 0 bridgehead atoms. The average Bonchev–Trinajstić information content (AvgIpc) is 3.11. The highest BCUT2D eigenvalue weighted by Crippen LogP contribution is 2.11. The molecule has 2 amide bonds. The van der Waals surface area contributed by atoms with Crippen LogP contribution in [0.1, 0.15) is 5.56 Å². The van der Waals surface area contributed by atoms with Crippen LogP contribution in [0.25, 0.3) is 11.0 Å². The number of benzene rings is 2. The van der Waals surface area contributed by atoms with Crippen molar-refractivity contribution in [2.75, 3.05) is 26.8 Å². The van der Waals surface area contributed by atoms with Gasteiger partial charge in [0.1, 0.15) is 12.1 Å². The Balaban J connectivity index is 1.72. The molecular weight excluding hydrogens is 358 g/mol. The van der Waals surface area contributed by atoms with Gasteiger partial charge in [0, 0.05) is 20.2 Å². The van der Waals surface area contributed by atoms with E-state index in [1.165, 1.54) is 4.90 Å².